The van der Waals surface area contributed by atoms with E-state index >= 15 is 0 Å². The largest absolute Gasteiger partial charge is 0.478 e. The van der Waals surface area contributed by atoms with Crippen LogP contribution in [-0.2, 0) is 19.1 Å². The van der Waals surface area contributed by atoms with Gasteiger partial charge in [-0.25, -0.2) is 4.79 Å². The van der Waals surface area contributed by atoms with Crippen molar-refractivity contribution >= 4 is 17.8 Å². The van der Waals surface area contributed by atoms with Crippen molar-refractivity contribution in [2.75, 3.05) is 6.61 Å². The zero-order valence-corrected chi connectivity index (χ0v) is 13.2. The van der Waals surface area contributed by atoms with E-state index in [1.54, 1.807) is 26.8 Å². The molecular formula is C15H24N2O5. The third-order valence-corrected chi connectivity index (χ3v) is 2.27. The maximum absolute atomic E-state index is 10.2. The lowest BCUT2D eigenvalue weighted by Gasteiger charge is -1.89. The molecule has 1 saturated heterocycles. The molecule has 1 fully saturated rings. The summed E-state index contributed by atoms with van der Waals surface area (Å²) in [4.78, 5) is 29.9. The smallest absolute Gasteiger partial charge is 0.330 e. The molecule has 5 N–H and O–H groups in total. The highest BCUT2D eigenvalue weighted by Gasteiger charge is 2.20. The van der Waals surface area contributed by atoms with Gasteiger partial charge in [0.2, 0.25) is 11.8 Å². The molecule has 1 aliphatic rings. The van der Waals surface area contributed by atoms with Crippen molar-refractivity contribution in [3.63, 3.8) is 0 Å². The minimum Gasteiger partial charge on any atom is -0.478 e. The number of nitrogens with two attached hydrogens (primary N) is 2. The standard InChI is InChI=1S/C7H10O3.2C4H7NO/c1-5(7(8)9)2-3-6-4-10-6;2*1-3(2)4(5)6/h2,6H,3-4H2,1H3,(H,8,9);2*1H2,2H3,(H2,5,6). The van der Waals surface area contributed by atoms with Gasteiger partial charge in [-0.15, -0.1) is 0 Å². The minimum atomic E-state index is -0.847. The van der Waals surface area contributed by atoms with Crippen molar-refractivity contribution in [3.8, 4) is 0 Å². The Morgan fingerprint density at radius 2 is 1.45 bits per heavy atom. The molecule has 1 atom stereocenters. The number of carbonyl (C=O) groups is 3. The number of carboxylic acid groups (broad SMARTS) is 1. The lowest BCUT2D eigenvalue weighted by molar-refractivity contribution is -0.132. The average molecular weight is 312 g/mol. The molecule has 0 aromatic heterocycles. The summed E-state index contributed by atoms with van der Waals surface area (Å²) in [5.74, 6) is -1.72. The fourth-order valence-corrected chi connectivity index (χ4v) is 0.600. The number of epoxide rings is 1. The van der Waals surface area contributed by atoms with Crippen LogP contribution in [0.5, 0.6) is 0 Å². The fourth-order valence-electron chi connectivity index (χ4n) is 0.600. The maximum atomic E-state index is 10.2. The van der Waals surface area contributed by atoms with E-state index in [-0.39, 0.29) is 6.10 Å². The average Bonchev–Trinajstić information content (AvgIpc) is 3.20. The summed E-state index contributed by atoms with van der Waals surface area (Å²) in [6, 6.07) is 0. The van der Waals surface area contributed by atoms with Crippen LogP contribution in [0.1, 0.15) is 27.2 Å². The van der Waals surface area contributed by atoms with Gasteiger partial charge in [0.05, 0.1) is 12.7 Å². The van der Waals surface area contributed by atoms with Crippen molar-refractivity contribution < 1.29 is 24.2 Å². The van der Waals surface area contributed by atoms with E-state index in [0.717, 1.165) is 13.0 Å². The summed E-state index contributed by atoms with van der Waals surface area (Å²) < 4.78 is 4.90. The van der Waals surface area contributed by atoms with Gasteiger partial charge in [0.25, 0.3) is 0 Å². The fraction of sp³-hybridized carbons (Fsp3) is 0.400. The highest BCUT2D eigenvalue weighted by atomic mass is 16.6. The Morgan fingerprint density at radius 1 is 1.14 bits per heavy atom. The van der Waals surface area contributed by atoms with Crippen LogP contribution >= 0.6 is 0 Å². The van der Waals surface area contributed by atoms with Crippen molar-refractivity contribution in [2.45, 2.75) is 33.3 Å². The van der Waals surface area contributed by atoms with Crippen LogP contribution in [0.25, 0.3) is 0 Å². The topological polar surface area (TPSA) is 136 Å². The molecule has 0 aromatic carbocycles. The van der Waals surface area contributed by atoms with Crippen LogP contribution < -0.4 is 11.5 Å². The quantitative estimate of drug-likeness (QED) is 0.512. The molecule has 22 heavy (non-hydrogen) atoms. The second-order valence-electron chi connectivity index (χ2n) is 4.67. The molecule has 0 aromatic rings. The van der Waals surface area contributed by atoms with Gasteiger partial charge in [-0.1, -0.05) is 19.2 Å². The molecule has 2 amide bonds. The number of hydrogen-bond donors (Lipinski definition) is 3. The molecule has 7 nitrogen and oxygen atoms in total. The van der Waals surface area contributed by atoms with Gasteiger partial charge >= 0.3 is 5.97 Å². The lowest BCUT2D eigenvalue weighted by Crippen LogP contribution is -2.10. The number of ether oxygens (including phenoxy) is 1. The minimum absolute atomic E-state index is 0.286. The third-order valence-electron chi connectivity index (χ3n) is 2.27. The van der Waals surface area contributed by atoms with E-state index in [9.17, 15) is 14.4 Å². The molecule has 1 aliphatic heterocycles. The SMILES string of the molecule is C=C(C)C(N)=O.C=C(C)C(N)=O.CC(=CCC1CO1)C(=O)O. The Hall–Kier alpha value is -2.41. The molecule has 0 aliphatic carbocycles. The number of carbonyl (C=O) groups excluding carboxylic acids is 2. The second kappa shape index (κ2) is 11.3. The van der Waals surface area contributed by atoms with Crippen LogP contribution in [-0.4, -0.2) is 35.6 Å². The van der Waals surface area contributed by atoms with Gasteiger partial charge in [-0.05, 0) is 27.2 Å². The Labute approximate surface area is 130 Å². The summed E-state index contributed by atoms with van der Waals surface area (Å²) in [6.07, 6.45) is 2.72. The number of hydrogen-bond acceptors (Lipinski definition) is 4. The van der Waals surface area contributed by atoms with Crippen LogP contribution in [0.3, 0.4) is 0 Å². The molecular weight excluding hydrogens is 288 g/mol. The van der Waals surface area contributed by atoms with Crippen molar-refractivity contribution in [3.05, 3.63) is 36.0 Å². The lowest BCUT2D eigenvalue weighted by atomic mass is 10.2. The van der Waals surface area contributed by atoms with Crippen molar-refractivity contribution in [1.82, 2.24) is 0 Å². The monoisotopic (exact) mass is 312 g/mol. The molecule has 1 rings (SSSR count). The summed E-state index contributed by atoms with van der Waals surface area (Å²) in [6.45, 7) is 12.1. The molecule has 0 bridgehead atoms. The first-order chi connectivity index (χ1) is 9.98. The number of primary amides is 2. The molecule has 1 unspecified atom stereocenters. The van der Waals surface area contributed by atoms with Gasteiger partial charge < -0.3 is 21.3 Å². The van der Waals surface area contributed by atoms with E-state index in [0.29, 0.717) is 16.7 Å². The van der Waals surface area contributed by atoms with Gasteiger partial charge in [-0.2, -0.15) is 0 Å². The zero-order valence-electron chi connectivity index (χ0n) is 13.2. The molecule has 0 spiro atoms. The van der Waals surface area contributed by atoms with E-state index in [2.05, 4.69) is 13.2 Å². The van der Waals surface area contributed by atoms with Crippen molar-refractivity contribution in [2.24, 2.45) is 11.5 Å². The summed E-state index contributed by atoms with van der Waals surface area (Å²) in [7, 11) is 0. The number of carboxylic acids is 1. The Bertz CT molecular complexity index is 428. The van der Waals surface area contributed by atoms with E-state index in [1.807, 2.05) is 0 Å². The van der Waals surface area contributed by atoms with Gasteiger partial charge in [0.15, 0.2) is 0 Å². The van der Waals surface area contributed by atoms with E-state index in [4.69, 9.17) is 21.3 Å². The molecule has 0 saturated carbocycles. The number of aliphatic carboxylic acids is 1. The summed E-state index contributed by atoms with van der Waals surface area (Å²) >= 11 is 0. The first-order valence-corrected chi connectivity index (χ1v) is 6.41. The van der Waals surface area contributed by atoms with Crippen LogP contribution in [0, 0.1) is 0 Å². The first-order valence-electron chi connectivity index (χ1n) is 6.41. The normalized spacial score (nSPS) is 15.2. The highest BCUT2D eigenvalue weighted by Crippen LogP contribution is 2.14. The molecule has 1 heterocycles. The number of amides is 2. The molecule has 7 heteroatoms. The summed E-state index contributed by atoms with van der Waals surface area (Å²) in [5.41, 5.74) is 10.6. The summed E-state index contributed by atoms with van der Waals surface area (Å²) in [5, 5.41) is 8.41. The van der Waals surface area contributed by atoms with Crippen LogP contribution in [0.2, 0.25) is 0 Å². The third kappa shape index (κ3) is 15.6. The highest BCUT2D eigenvalue weighted by molar-refractivity contribution is 5.90. The van der Waals surface area contributed by atoms with Crippen LogP contribution in [0.4, 0.5) is 0 Å². The molecule has 124 valence electrons. The predicted octanol–water partition coefficient (Wildman–Crippen LogP) is 0.902. The first kappa shape index (κ1) is 21.9. The van der Waals surface area contributed by atoms with Crippen LogP contribution in [0.15, 0.2) is 36.0 Å². The van der Waals surface area contributed by atoms with E-state index in [1.165, 1.54) is 0 Å². The van der Waals surface area contributed by atoms with Gasteiger partial charge in [0.1, 0.15) is 0 Å². The Balaban J connectivity index is 0. The van der Waals surface area contributed by atoms with Gasteiger partial charge in [0, 0.05) is 16.7 Å². The van der Waals surface area contributed by atoms with Gasteiger partial charge in [-0.3, -0.25) is 9.59 Å². The number of rotatable bonds is 5. The Kier molecular flexibility index (Phi) is 11.2. The van der Waals surface area contributed by atoms with E-state index < -0.39 is 17.8 Å². The maximum Gasteiger partial charge on any atom is 0.330 e. The van der Waals surface area contributed by atoms with Crippen molar-refractivity contribution in [1.29, 1.82) is 0 Å². The molecule has 0 radical (unpaired) electrons. The second-order valence-corrected chi connectivity index (χ2v) is 4.67. The zero-order chi connectivity index (χ0) is 17.9. The predicted molar refractivity (Wildman–Crippen MR) is 83.8 cm³/mol. The Morgan fingerprint density at radius 3 is 1.64 bits per heavy atom.